The molecule has 0 fully saturated rings. The number of anilines is 3. The van der Waals surface area contributed by atoms with E-state index < -0.39 is 0 Å². The fourth-order valence-electron chi connectivity index (χ4n) is 6.56. The summed E-state index contributed by atoms with van der Waals surface area (Å²) in [5.74, 6) is 0. The summed E-state index contributed by atoms with van der Waals surface area (Å²) >= 11 is 1.76. The van der Waals surface area contributed by atoms with Crippen LogP contribution in [0.1, 0.15) is 13.9 Å². The maximum atomic E-state index is 9.01. The molecule has 1 aromatic heterocycles. The molecule has 0 aliphatic heterocycles. The van der Waals surface area contributed by atoms with E-state index in [1.54, 1.807) is 11.3 Å². The van der Waals surface area contributed by atoms with Crippen LogP contribution < -0.4 is 4.90 Å². The van der Waals surface area contributed by atoms with Crippen LogP contribution in [0, 0.1) is 0 Å². The molecule has 0 bridgehead atoms. The van der Waals surface area contributed by atoms with Crippen molar-refractivity contribution in [2.45, 2.75) is 0 Å². The van der Waals surface area contributed by atoms with Crippen molar-refractivity contribution in [1.82, 2.24) is 0 Å². The molecule has 1 nitrogen and oxygen atoms in total. The van der Waals surface area contributed by atoms with Gasteiger partial charge in [0.05, 0.1) is 8.43 Å². The van der Waals surface area contributed by atoms with E-state index in [0.717, 1.165) is 28.0 Å². The lowest BCUT2D eigenvalue weighted by Crippen LogP contribution is -2.10. The molecule has 206 valence electrons. The Morgan fingerprint density at radius 3 is 1.93 bits per heavy atom. The van der Waals surface area contributed by atoms with Crippen LogP contribution in [0.5, 0.6) is 0 Å². The van der Waals surface area contributed by atoms with Gasteiger partial charge in [0.15, 0.2) is 0 Å². The van der Waals surface area contributed by atoms with Crippen LogP contribution in [-0.4, -0.2) is 0 Å². The number of rotatable bonds is 5. The van der Waals surface area contributed by atoms with Gasteiger partial charge in [0.1, 0.15) is 0 Å². The second kappa shape index (κ2) is 10.1. The summed E-state index contributed by atoms with van der Waals surface area (Å²) in [7, 11) is 0. The molecule has 0 N–H and O–H groups in total. The van der Waals surface area contributed by atoms with Gasteiger partial charge in [0, 0.05) is 36.9 Å². The average Bonchev–Trinajstić information content (AvgIpc) is 3.49. The quantitative estimate of drug-likeness (QED) is 0.145. The van der Waals surface area contributed by atoms with Crippen molar-refractivity contribution >= 4 is 93.0 Å². The van der Waals surface area contributed by atoms with Crippen LogP contribution in [0.4, 0.5) is 17.1 Å². The average molecular weight is 580 g/mol. The Hall–Kier alpha value is -5.44. The van der Waals surface area contributed by atoms with Crippen molar-refractivity contribution in [1.29, 1.82) is 0 Å². The number of hydrogen-bond donors (Lipinski definition) is 0. The molecule has 0 radical (unpaired) electrons. The molecule has 0 unspecified atom stereocenters. The van der Waals surface area contributed by atoms with Gasteiger partial charge in [-0.1, -0.05) is 115 Å². The van der Waals surface area contributed by atoms with Gasteiger partial charge in [-0.15, -0.1) is 11.3 Å². The van der Waals surface area contributed by atoms with Crippen LogP contribution >= 0.6 is 11.3 Å². The summed E-state index contributed by atoms with van der Waals surface area (Å²) in [5.41, 5.74) is 4.63. The molecule has 9 aromatic rings. The Labute approximate surface area is 262 Å². The van der Waals surface area contributed by atoms with E-state index in [1.807, 2.05) is 24.3 Å². The third-order valence-corrected chi connectivity index (χ3v) is 9.77. The number of para-hydroxylation sites is 1. The van der Waals surface area contributed by atoms with Crippen LogP contribution in [0.2, 0.25) is 0 Å². The molecule has 0 spiro atoms. The first kappa shape index (κ1) is 23.1. The van der Waals surface area contributed by atoms with Crippen LogP contribution in [-0.2, 0) is 0 Å². The zero-order chi connectivity index (χ0) is 30.8. The first-order valence-corrected chi connectivity index (χ1v) is 15.7. The number of benzene rings is 8. The smallest absolute Gasteiger partial charge is 0.0629 e. The summed E-state index contributed by atoms with van der Waals surface area (Å²) in [5, 5.41) is 9.82. The molecular formula is C42H27NS. The molecule has 1 heterocycles. The summed E-state index contributed by atoms with van der Waals surface area (Å²) in [6.07, 6.45) is 0. The lowest BCUT2D eigenvalue weighted by atomic mass is 9.93. The Balaban J connectivity index is 1.16. The number of nitrogens with zero attached hydrogens (tertiary/aromatic N) is 1. The lowest BCUT2D eigenvalue weighted by Gasteiger charge is -2.27. The van der Waals surface area contributed by atoms with Crippen molar-refractivity contribution < 1.29 is 2.74 Å². The molecule has 0 saturated heterocycles. The summed E-state index contributed by atoms with van der Waals surface area (Å²) in [4.78, 5) is 2.29. The van der Waals surface area contributed by atoms with E-state index in [2.05, 4.69) is 132 Å². The topological polar surface area (TPSA) is 3.24 Å². The molecule has 0 aliphatic carbocycles. The molecule has 0 atom stereocenters. The van der Waals surface area contributed by atoms with E-state index in [9.17, 15) is 0 Å². The first-order valence-electron chi connectivity index (χ1n) is 15.9. The molecule has 0 aliphatic rings. The zero-order valence-electron chi connectivity index (χ0n) is 25.8. The minimum Gasteiger partial charge on any atom is -0.310 e. The second-order valence-corrected chi connectivity index (χ2v) is 12.3. The predicted octanol–water partition coefficient (Wildman–Crippen LogP) is 12.6. The van der Waals surface area contributed by atoms with E-state index in [-0.39, 0.29) is 12.1 Å². The van der Waals surface area contributed by atoms with Crippen molar-refractivity contribution in [3.05, 3.63) is 163 Å². The highest BCUT2D eigenvalue weighted by molar-refractivity contribution is 7.25. The fourth-order valence-corrected chi connectivity index (χ4v) is 7.65. The van der Waals surface area contributed by atoms with Crippen LogP contribution in [0.3, 0.4) is 0 Å². The highest BCUT2D eigenvalue weighted by atomic mass is 32.1. The number of thiophene rings is 1. The third kappa shape index (κ3) is 4.07. The first-order chi connectivity index (χ1) is 22.6. The maximum Gasteiger partial charge on any atom is 0.0629 e. The van der Waals surface area contributed by atoms with Crippen molar-refractivity contribution in [2.24, 2.45) is 0 Å². The standard InChI is InChI=1S/C42H27NS/c1-2-9-33(10-3-1)43(38-25-21-32-19-18-30-7-6-8-31-20-24-36(38)42(32)41(30)31)34-22-15-28(16-23-34)13-14-29-17-26-40-37(27-29)35-11-4-5-12-39(35)44-40/h1-27H/b14-13+/i13D,14D. The van der Waals surface area contributed by atoms with Gasteiger partial charge in [-0.2, -0.15) is 0 Å². The normalized spacial score (nSPS) is 13.1. The maximum absolute atomic E-state index is 9.01. The van der Waals surface area contributed by atoms with E-state index in [1.165, 1.54) is 47.1 Å². The zero-order valence-corrected chi connectivity index (χ0v) is 24.6. The Kier molecular flexibility index (Phi) is 5.29. The second-order valence-electron chi connectivity index (χ2n) is 11.2. The fraction of sp³-hybridized carbons (Fsp3) is 0. The van der Waals surface area contributed by atoms with E-state index in [0.29, 0.717) is 5.56 Å². The van der Waals surface area contributed by atoms with Gasteiger partial charge in [0.2, 0.25) is 0 Å². The Bertz CT molecular complexity index is 2590. The molecule has 2 heteroatoms. The molecule has 8 aromatic carbocycles. The molecule has 0 saturated carbocycles. The van der Waals surface area contributed by atoms with Gasteiger partial charge in [-0.05, 0) is 86.6 Å². The van der Waals surface area contributed by atoms with Gasteiger partial charge in [-0.25, -0.2) is 0 Å². The summed E-state index contributed by atoms with van der Waals surface area (Å²) in [6.45, 7) is 0. The summed E-state index contributed by atoms with van der Waals surface area (Å²) in [6, 6.07) is 53.3. The van der Waals surface area contributed by atoms with Gasteiger partial charge >= 0.3 is 0 Å². The lowest BCUT2D eigenvalue weighted by molar-refractivity contribution is 1.30. The van der Waals surface area contributed by atoms with Crippen LogP contribution in [0.15, 0.2) is 152 Å². The van der Waals surface area contributed by atoms with Gasteiger partial charge in [0.25, 0.3) is 0 Å². The minimum atomic E-state index is 0.208. The summed E-state index contributed by atoms with van der Waals surface area (Å²) < 4.78 is 20.4. The SMILES string of the molecule is [2H]/C(=C(/[2H])c1ccc2sc3ccccc3c2c1)c1ccc(N(c2ccccc2)c2ccc3ccc4cccc5ccc2c3c45)cc1. The third-order valence-electron chi connectivity index (χ3n) is 8.61. The monoisotopic (exact) mass is 579 g/mol. The van der Waals surface area contributed by atoms with Crippen molar-refractivity contribution in [3.63, 3.8) is 0 Å². The number of fused-ring (bicyclic) bond motifs is 3. The Morgan fingerprint density at radius 1 is 0.455 bits per heavy atom. The molecule has 9 rings (SSSR count). The van der Waals surface area contributed by atoms with Gasteiger partial charge in [-0.3, -0.25) is 0 Å². The Morgan fingerprint density at radius 2 is 1.09 bits per heavy atom. The van der Waals surface area contributed by atoms with E-state index in [4.69, 9.17) is 2.74 Å². The van der Waals surface area contributed by atoms with Crippen LogP contribution in [0.25, 0.3) is 64.6 Å². The minimum absolute atomic E-state index is 0.208. The van der Waals surface area contributed by atoms with Crippen molar-refractivity contribution in [3.8, 4) is 0 Å². The molecule has 0 amide bonds. The predicted molar refractivity (Wildman–Crippen MR) is 193 cm³/mol. The van der Waals surface area contributed by atoms with E-state index >= 15 is 0 Å². The highest BCUT2D eigenvalue weighted by Crippen LogP contribution is 2.43. The molecular weight excluding hydrogens is 551 g/mol. The largest absolute Gasteiger partial charge is 0.310 e. The highest BCUT2D eigenvalue weighted by Gasteiger charge is 2.18. The molecule has 44 heavy (non-hydrogen) atoms. The van der Waals surface area contributed by atoms with Gasteiger partial charge < -0.3 is 4.90 Å². The van der Waals surface area contributed by atoms with Crippen molar-refractivity contribution in [2.75, 3.05) is 4.90 Å². The number of hydrogen-bond acceptors (Lipinski definition) is 2.